The quantitative estimate of drug-likeness (QED) is 0.837. The normalized spacial score (nSPS) is 15.7. The lowest BCUT2D eigenvalue weighted by atomic mass is 9.69. The van der Waals surface area contributed by atoms with Crippen LogP contribution in [0.4, 0.5) is 0 Å². The molecule has 1 rings (SSSR count). The zero-order valence-corrected chi connectivity index (χ0v) is 12.4. The molecule has 0 saturated heterocycles. The predicted molar refractivity (Wildman–Crippen MR) is 77.9 cm³/mol. The topological polar surface area (TPSA) is 23.5 Å². The molecule has 0 unspecified atom stereocenters. The molecule has 0 aliphatic heterocycles. The molecule has 0 radical (unpaired) electrons. The summed E-state index contributed by atoms with van der Waals surface area (Å²) in [5.74, 6) is 0. The minimum absolute atomic E-state index is 0.236. The van der Waals surface area contributed by atoms with Crippen molar-refractivity contribution in [2.24, 2.45) is 0 Å². The van der Waals surface area contributed by atoms with Gasteiger partial charge in [-0.05, 0) is 46.0 Å². The minimum Gasteiger partial charge on any atom is -0.389 e. The fourth-order valence-electron chi connectivity index (χ4n) is 2.22. The average Bonchev–Trinajstić information content (AvgIpc) is 2.29. The molecule has 0 heterocycles. The van der Waals surface area contributed by atoms with Crippen molar-refractivity contribution in [1.29, 1.82) is 0 Å². The number of hydrogen-bond acceptors (Lipinski definition) is 2. The van der Waals surface area contributed by atoms with Crippen LogP contribution in [0.15, 0.2) is 30.3 Å². The molecule has 102 valence electrons. The highest BCUT2D eigenvalue weighted by Gasteiger charge is 2.39. The maximum Gasteiger partial charge on any atom is 0.0711 e. The zero-order valence-electron chi connectivity index (χ0n) is 12.4. The van der Waals surface area contributed by atoms with Gasteiger partial charge in [-0.3, -0.25) is 0 Å². The van der Waals surface area contributed by atoms with Crippen molar-refractivity contribution in [3.8, 4) is 0 Å². The van der Waals surface area contributed by atoms with Crippen molar-refractivity contribution in [3.05, 3.63) is 35.9 Å². The summed E-state index contributed by atoms with van der Waals surface area (Å²) in [6.07, 6.45) is 1.82. The van der Waals surface area contributed by atoms with Crippen LogP contribution in [0, 0.1) is 0 Å². The van der Waals surface area contributed by atoms with Crippen LogP contribution in [0.3, 0.4) is 0 Å². The van der Waals surface area contributed by atoms with E-state index in [9.17, 15) is 5.11 Å². The number of rotatable bonds is 6. The molecule has 1 atom stereocenters. The van der Waals surface area contributed by atoms with Crippen LogP contribution in [0.2, 0.25) is 0 Å². The van der Waals surface area contributed by atoms with Crippen molar-refractivity contribution in [3.63, 3.8) is 0 Å². The van der Waals surface area contributed by atoms with E-state index in [1.54, 1.807) is 0 Å². The summed E-state index contributed by atoms with van der Waals surface area (Å²) in [6, 6.07) is 10.3. The Hall–Kier alpha value is -0.860. The minimum atomic E-state index is -0.690. The Kier molecular flexibility index (Phi) is 4.94. The first-order valence-electron chi connectivity index (χ1n) is 6.70. The lowest BCUT2D eigenvalue weighted by molar-refractivity contribution is -0.0189. The van der Waals surface area contributed by atoms with Gasteiger partial charge in [-0.2, -0.15) is 0 Å². The molecule has 2 heteroatoms. The van der Waals surface area contributed by atoms with Crippen LogP contribution in [0.25, 0.3) is 0 Å². The van der Waals surface area contributed by atoms with Crippen LogP contribution in [-0.4, -0.2) is 36.2 Å². The van der Waals surface area contributed by atoms with Crippen LogP contribution < -0.4 is 0 Å². The number of benzene rings is 1. The van der Waals surface area contributed by atoms with Crippen molar-refractivity contribution in [2.45, 2.75) is 44.6 Å². The highest BCUT2D eigenvalue weighted by molar-refractivity contribution is 5.27. The van der Waals surface area contributed by atoms with Gasteiger partial charge in [0.25, 0.3) is 0 Å². The summed E-state index contributed by atoms with van der Waals surface area (Å²) in [6.45, 7) is 7.21. The molecule has 1 N–H and O–H groups in total. The second kappa shape index (κ2) is 5.85. The monoisotopic (exact) mass is 249 g/mol. The molecule has 0 spiro atoms. The second-order valence-corrected chi connectivity index (χ2v) is 6.17. The van der Waals surface area contributed by atoms with Gasteiger partial charge in [0, 0.05) is 5.41 Å². The Labute approximate surface area is 112 Å². The van der Waals surface area contributed by atoms with Crippen LogP contribution in [0.1, 0.15) is 39.2 Å². The number of aliphatic hydroxyl groups is 1. The SMILES string of the molecule is CN(C)CCC[C@@](C)(O)C(C)(C)c1ccccc1. The van der Waals surface area contributed by atoms with Gasteiger partial charge in [-0.1, -0.05) is 44.2 Å². The zero-order chi connectivity index (χ0) is 13.8. The maximum absolute atomic E-state index is 10.8. The Bertz CT molecular complexity index is 355. The highest BCUT2D eigenvalue weighted by atomic mass is 16.3. The fraction of sp³-hybridized carbons (Fsp3) is 0.625. The number of nitrogens with zero attached hydrogens (tertiary/aromatic N) is 1. The van der Waals surface area contributed by atoms with Crippen molar-refractivity contribution >= 4 is 0 Å². The highest BCUT2D eigenvalue weighted by Crippen LogP contribution is 2.37. The van der Waals surface area contributed by atoms with E-state index in [0.29, 0.717) is 0 Å². The lowest BCUT2D eigenvalue weighted by Gasteiger charge is -2.41. The van der Waals surface area contributed by atoms with E-state index in [4.69, 9.17) is 0 Å². The molecule has 0 aromatic heterocycles. The van der Waals surface area contributed by atoms with Crippen molar-refractivity contribution in [1.82, 2.24) is 4.90 Å². The molecular weight excluding hydrogens is 222 g/mol. The molecule has 0 saturated carbocycles. The van der Waals surface area contributed by atoms with Crippen molar-refractivity contribution < 1.29 is 5.11 Å². The third-order valence-corrected chi connectivity index (χ3v) is 4.11. The fourth-order valence-corrected chi connectivity index (χ4v) is 2.22. The van der Waals surface area contributed by atoms with Crippen molar-refractivity contribution in [2.75, 3.05) is 20.6 Å². The molecule has 1 aromatic carbocycles. The van der Waals surface area contributed by atoms with Gasteiger partial charge >= 0.3 is 0 Å². The Morgan fingerprint density at radius 2 is 1.61 bits per heavy atom. The first kappa shape index (κ1) is 15.2. The molecule has 0 fully saturated rings. The van der Waals surface area contributed by atoms with E-state index >= 15 is 0 Å². The van der Waals surface area contributed by atoms with Crippen LogP contribution in [0.5, 0.6) is 0 Å². The van der Waals surface area contributed by atoms with Crippen LogP contribution in [-0.2, 0) is 5.41 Å². The first-order chi connectivity index (χ1) is 8.27. The molecule has 0 aliphatic rings. The molecule has 1 aromatic rings. The summed E-state index contributed by atoms with van der Waals surface area (Å²) in [7, 11) is 4.13. The van der Waals surface area contributed by atoms with E-state index in [1.807, 2.05) is 25.1 Å². The summed E-state index contributed by atoms with van der Waals surface area (Å²) in [4.78, 5) is 2.16. The predicted octanol–water partition coefficient (Wildman–Crippen LogP) is 3.06. The molecule has 0 amide bonds. The van der Waals surface area contributed by atoms with Crippen LogP contribution >= 0.6 is 0 Å². The Balaban J connectivity index is 2.76. The summed E-state index contributed by atoms with van der Waals surface area (Å²) >= 11 is 0. The Morgan fingerprint density at radius 3 is 2.11 bits per heavy atom. The van der Waals surface area contributed by atoms with E-state index in [0.717, 1.165) is 19.4 Å². The van der Waals surface area contributed by atoms with Gasteiger partial charge < -0.3 is 10.0 Å². The summed E-state index contributed by atoms with van der Waals surface area (Å²) in [5, 5.41) is 10.8. The van der Waals surface area contributed by atoms with Gasteiger partial charge in [0.05, 0.1) is 5.60 Å². The second-order valence-electron chi connectivity index (χ2n) is 6.17. The van der Waals surface area contributed by atoms with Gasteiger partial charge in [0.1, 0.15) is 0 Å². The molecule has 2 nitrogen and oxygen atoms in total. The lowest BCUT2D eigenvalue weighted by Crippen LogP contribution is -2.45. The van der Waals surface area contributed by atoms with Gasteiger partial charge in [0.15, 0.2) is 0 Å². The van der Waals surface area contributed by atoms with Gasteiger partial charge in [-0.25, -0.2) is 0 Å². The first-order valence-corrected chi connectivity index (χ1v) is 6.70. The van der Waals surface area contributed by atoms with E-state index < -0.39 is 5.60 Å². The largest absolute Gasteiger partial charge is 0.389 e. The maximum atomic E-state index is 10.8. The molecule has 0 aliphatic carbocycles. The summed E-state index contributed by atoms with van der Waals surface area (Å²) in [5.41, 5.74) is 0.269. The van der Waals surface area contributed by atoms with Gasteiger partial charge in [0.2, 0.25) is 0 Å². The Morgan fingerprint density at radius 1 is 1.06 bits per heavy atom. The third kappa shape index (κ3) is 3.56. The van der Waals surface area contributed by atoms with Gasteiger partial charge in [-0.15, -0.1) is 0 Å². The number of hydrogen-bond donors (Lipinski definition) is 1. The van der Waals surface area contributed by atoms with E-state index in [-0.39, 0.29) is 5.41 Å². The molecular formula is C16H27NO. The van der Waals surface area contributed by atoms with E-state index in [1.165, 1.54) is 5.56 Å². The van der Waals surface area contributed by atoms with E-state index in [2.05, 4.69) is 45.0 Å². The molecule has 18 heavy (non-hydrogen) atoms. The standard InChI is InChI=1S/C16H27NO/c1-15(2,14-10-7-6-8-11-14)16(3,18)12-9-13-17(4)5/h6-8,10-11,18H,9,12-13H2,1-5H3/t16-/m1/s1. The summed E-state index contributed by atoms with van der Waals surface area (Å²) < 4.78 is 0. The smallest absolute Gasteiger partial charge is 0.0711 e. The molecule has 0 bridgehead atoms. The third-order valence-electron chi connectivity index (χ3n) is 4.11. The average molecular weight is 249 g/mol.